The van der Waals surface area contributed by atoms with Crippen LogP contribution in [0.3, 0.4) is 0 Å². The molecule has 2 N–H and O–H groups in total. The van der Waals surface area contributed by atoms with Gasteiger partial charge in [0.2, 0.25) is 0 Å². The van der Waals surface area contributed by atoms with E-state index in [9.17, 15) is 9.59 Å². The molecular formula is C29H30N4O5S2. The van der Waals surface area contributed by atoms with Gasteiger partial charge in [0.25, 0.3) is 11.8 Å². The summed E-state index contributed by atoms with van der Waals surface area (Å²) in [6.45, 7) is 0.313. The number of H-pyrrole nitrogens is 1. The van der Waals surface area contributed by atoms with Crippen molar-refractivity contribution in [3.05, 3.63) is 59.2 Å². The SMILES string of the molecule is COc1ccc(-c2ccc(/C=C3\SC(=S)N(C4CC5CCC4C5)C3=O)o2)cc1OCC(=O)NCCc1cnc[nH]1. The number of rotatable bonds is 10. The minimum Gasteiger partial charge on any atom is -0.493 e. The zero-order valence-electron chi connectivity index (χ0n) is 22.1. The molecule has 1 saturated heterocycles. The number of nitrogens with one attached hydrogen (secondary N) is 2. The summed E-state index contributed by atoms with van der Waals surface area (Å²) in [6.07, 6.45) is 10.5. The summed E-state index contributed by atoms with van der Waals surface area (Å²) in [5.41, 5.74) is 1.70. The van der Waals surface area contributed by atoms with Gasteiger partial charge < -0.3 is 24.2 Å². The number of thiocarbonyl (C=S) groups is 1. The topological polar surface area (TPSA) is 110 Å². The highest BCUT2D eigenvalue weighted by Gasteiger charge is 2.48. The Morgan fingerprint density at radius 2 is 2.17 bits per heavy atom. The zero-order valence-corrected chi connectivity index (χ0v) is 23.7. The van der Waals surface area contributed by atoms with Gasteiger partial charge >= 0.3 is 0 Å². The van der Waals surface area contributed by atoms with Crippen molar-refractivity contribution in [3.63, 3.8) is 0 Å². The van der Waals surface area contributed by atoms with Crippen molar-refractivity contribution >= 4 is 46.2 Å². The maximum Gasteiger partial charge on any atom is 0.266 e. The first kappa shape index (κ1) is 26.6. The summed E-state index contributed by atoms with van der Waals surface area (Å²) in [5, 5.41) is 2.83. The first-order valence-corrected chi connectivity index (χ1v) is 14.6. The number of aromatic nitrogens is 2. The summed E-state index contributed by atoms with van der Waals surface area (Å²) in [4.78, 5) is 35.0. The number of fused-ring (bicyclic) bond motifs is 2. The molecule has 3 heterocycles. The van der Waals surface area contributed by atoms with Crippen LogP contribution in [0.4, 0.5) is 0 Å². The van der Waals surface area contributed by atoms with Gasteiger partial charge in [0.1, 0.15) is 15.8 Å². The molecule has 9 nitrogen and oxygen atoms in total. The number of methoxy groups -OCH3 is 1. The molecule has 0 radical (unpaired) electrons. The quantitative estimate of drug-likeness (QED) is 0.261. The van der Waals surface area contributed by atoms with Gasteiger partial charge in [-0.25, -0.2) is 4.98 Å². The predicted octanol–water partition coefficient (Wildman–Crippen LogP) is 4.81. The van der Waals surface area contributed by atoms with E-state index in [4.69, 9.17) is 26.1 Å². The van der Waals surface area contributed by atoms with Crippen molar-refractivity contribution in [2.24, 2.45) is 11.8 Å². The summed E-state index contributed by atoms with van der Waals surface area (Å²) < 4.78 is 17.9. The average Bonchev–Trinajstić information content (AvgIpc) is 3.79. The van der Waals surface area contributed by atoms with Crippen molar-refractivity contribution in [3.8, 4) is 22.8 Å². The summed E-state index contributed by atoms with van der Waals surface area (Å²) in [6, 6.07) is 9.30. The van der Waals surface area contributed by atoms with Gasteiger partial charge in [-0.3, -0.25) is 14.5 Å². The minimum atomic E-state index is -0.241. The summed E-state index contributed by atoms with van der Waals surface area (Å²) in [5.74, 6) is 3.14. The molecule has 208 valence electrons. The second-order valence-electron chi connectivity index (χ2n) is 10.3. The second-order valence-corrected chi connectivity index (χ2v) is 12.0. The molecule has 2 saturated carbocycles. The van der Waals surface area contributed by atoms with Crippen LogP contribution in [0.25, 0.3) is 17.4 Å². The first-order valence-electron chi connectivity index (χ1n) is 13.4. The molecule has 0 spiro atoms. The molecule has 3 unspecified atom stereocenters. The fraction of sp³-hybridized carbons (Fsp3) is 0.379. The standard InChI is InChI=1S/C29H30N4O5S2/c1-36-24-6-4-19(12-25(24)37-15-27(34)31-9-8-20-14-30-16-32-20)23-7-5-21(38-23)13-26-28(35)33(29(39)40-26)22-11-17-2-3-18(22)10-17/h4-7,12-14,16-18,22H,2-3,8-11,15H2,1H3,(H,30,32)(H,31,34)/b26-13-. The van der Waals surface area contributed by atoms with Crippen molar-refractivity contribution in [1.82, 2.24) is 20.2 Å². The van der Waals surface area contributed by atoms with Gasteiger partial charge in [0, 0.05) is 42.5 Å². The number of thioether (sulfide) groups is 1. The number of hydrogen-bond acceptors (Lipinski definition) is 8. The van der Waals surface area contributed by atoms with E-state index >= 15 is 0 Å². The Labute approximate surface area is 241 Å². The normalized spacial score (nSPS) is 22.9. The lowest BCUT2D eigenvalue weighted by atomic mass is 9.94. The first-order chi connectivity index (χ1) is 19.5. The highest BCUT2D eigenvalue weighted by molar-refractivity contribution is 8.26. The molecule has 11 heteroatoms. The van der Waals surface area contributed by atoms with E-state index in [1.165, 1.54) is 31.0 Å². The van der Waals surface area contributed by atoms with E-state index in [-0.39, 0.29) is 24.5 Å². The number of hydrogen-bond donors (Lipinski definition) is 2. The molecular weight excluding hydrogens is 548 g/mol. The molecule has 1 aromatic carbocycles. The molecule has 2 aliphatic carbocycles. The largest absolute Gasteiger partial charge is 0.493 e. The Kier molecular flexibility index (Phi) is 7.66. The van der Waals surface area contributed by atoms with Gasteiger partial charge in [0.15, 0.2) is 18.1 Å². The molecule has 3 fully saturated rings. The molecule has 1 aliphatic heterocycles. The van der Waals surface area contributed by atoms with E-state index in [2.05, 4.69) is 15.3 Å². The highest BCUT2D eigenvalue weighted by atomic mass is 32.2. The van der Waals surface area contributed by atoms with Crippen molar-refractivity contribution in [2.75, 3.05) is 20.3 Å². The zero-order chi connectivity index (χ0) is 27.6. The number of nitrogens with zero attached hydrogens (tertiary/aromatic N) is 2. The van der Waals surface area contributed by atoms with E-state index in [0.717, 1.165) is 23.6 Å². The van der Waals surface area contributed by atoms with Crippen LogP contribution in [0, 0.1) is 11.8 Å². The highest BCUT2D eigenvalue weighted by Crippen LogP contribution is 2.49. The van der Waals surface area contributed by atoms with Gasteiger partial charge in [0.05, 0.1) is 18.3 Å². The van der Waals surface area contributed by atoms with Gasteiger partial charge in [-0.05, 0) is 61.4 Å². The number of furan rings is 1. The summed E-state index contributed by atoms with van der Waals surface area (Å²) >= 11 is 6.95. The van der Waals surface area contributed by atoms with E-state index in [1.807, 2.05) is 23.1 Å². The molecule has 40 heavy (non-hydrogen) atoms. The lowest BCUT2D eigenvalue weighted by Gasteiger charge is -2.30. The Balaban J connectivity index is 1.10. The monoisotopic (exact) mass is 578 g/mol. The van der Waals surface area contributed by atoms with Gasteiger partial charge in [-0.2, -0.15) is 0 Å². The van der Waals surface area contributed by atoms with Crippen LogP contribution in [0.5, 0.6) is 11.5 Å². The van der Waals surface area contributed by atoms with Crippen LogP contribution in [0.15, 0.2) is 52.2 Å². The van der Waals surface area contributed by atoms with Crippen LogP contribution < -0.4 is 14.8 Å². The minimum absolute atomic E-state index is 0.0199. The Hall–Kier alpha value is -3.57. The number of ether oxygens (including phenoxy) is 2. The van der Waals surface area contributed by atoms with Crippen LogP contribution in [-0.2, 0) is 16.0 Å². The third-order valence-electron chi connectivity index (χ3n) is 7.83. The average molecular weight is 579 g/mol. The number of imidazole rings is 1. The molecule has 2 aromatic heterocycles. The third kappa shape index (κ3) is 5.53. The van der Waals surface area contributed by atoms with E-state index in [1.54, 1.807) is 37.8 Å². The Morgan fingerprint density at radius 1 is 1.27 bits per heavy atom. The smallest absolute Gasteiger partial charge is 0.266 e. The third-order valence-corrected chi connectivity index (χ3v) is 9.16. The van der Waals surface area contributed by atoms with Gasteiger partial charge in [-0.15, -0.1) is 0 Å². The predicted molar refractivity (Wildman–Crippen MR) is 156 cm³/mol. The van der Waals surface area contributed by atoms with Gasteiger partial charge in [-0.1, -0.05) is 30.4 Å². The van der Waals surface area contributed by atoms with E-state index in [0.29, 0.717) is 51.1 Å². The van der Waals surface area contributed by atoms with Crippen LogP contribution in [-0.4, -0.2) is 57.3 Å². The Bertz CT molecular complexity index is 1450. The van der Waals surface area contributed by atoms with Crippen molar-refractivity contribution < 1.29 is 23.5 Å². The second kappa shape index (κ2) is 11.5. The number of carbonyl (C=O) groups is 2. The summed E-state index contributed by atoms with van der Waals surface area (Å²) in [7, 11) is 1.55. The molecule has 2 bridgehead atoms. The maximum atomic E-state index is 13.3. The number of benzene rings is 1. The molecule has 3 aliphatic rings. The van der Waals surface area contributed by atoms with E-state index < -0.39 is 0 Å². The molecule has 3 aromatic rings. The molecule has 6 rings (SSSR count). The van der Waals surface area contributed by atoms with Crippen LogP contribution >= 0.6 is 24.0 Å². The van der Waals surface area contributed by atoms with Crippen molar-refractivity contribution in [1.29, 1.82) is 0 Å². The number of carbonyl (C=O) groups excluding carboxylic acids is 2. The number of amides is 2. The number of aromatic amines is 1. The Morgan fingerprint density at radius 3 is 2.92 bits per heavy atom. The van der Waals surface area contributed by atoms with Crippen LogP contribution in [0.1, 0.15) is 37.1 Å². The fourth-order valence-electron chi connectivity index (χ4n) is 5.90. The van der Waals surface area contributed by atoms with Crippen molar-refractivity contribution in [2.45, 2.75) is 38.1 Å². The maximum absolute atomic E-state index is 13.3. The fourth-order valence-corrected chi connectivity index (χ4v) is 7.26. The molecule has 2 amide bonds. The lowest BCUT2D eigenvalue weighted by molar-refractivity contribution is -0.124. The lowest BCUT2D eigenvalue weighted by Crippen LogP contribution is -2.41. The molecule has 3 atom stereocenters. The van der Waals surface area contributed by atoms with Crippen LogP contribution in [0.2, 0.25) is 0 Å².